The van der Waals surface area contributed by atoms with Crippen molar-refractivity contribution in [3.63, 3.8) is 0 Å². The van der Waals surface area contributed by atoms with Crippen molar-refractivity contribution in [3.8, 4) is 40.2 Å². The molecule has 1 saturated heterocycles. The average molecular weight is 770 g/mol. The van der Waals surface area contributed by atoms with Crippen LogP contribution in [0.2, 0.25) is 0 Å². The van der Waals surface area contributed by atoms with E-state index in [0.29, 0.717) is 73.3 Å². The van der Waals surface area contributed by atoms with Crippen LogP contribution in [0.25, 0.3) is 50.4 Å². The number of carboxylic acids is 1. The second-order valence-corrected chi connectivity index (χ2v) is 15.4. The van der Waals surface area contributed by atoms with E-state index in [2.05, 4.69) is 42.0 Å². The lowest BCUT2D eigenvalue weighted by atomic mass is 9.85. The van der Waals surface area contributed by atoms with Crippen molar-refractivity contribution in [2.75, 3.05) is 34.4 Å². The van der Waals surface area contributed by atoms with Crippen LogP contribution in [-0.4, -0.2) is 98.3 Å². The van der Waals surface area contributed by atoms with Crippen LogP contribution in [-0.2, 0) is 22.6 Å². The topological polar surface area (TPSA) is 163 Å². The molecule has 0 spiro atoms. The maximum Gasteiger partial charge on any atom is 0.306 e. The summed E-state index contributed by atoms with van der Waals surface area (Å²) in [5.74, 6) is 0.781. The molecular formula is C44H47N7O6. The van der Waals surface area contributed by atoms with E-state index in [4.69, 9.17) is 29.0 Å². The molecule has 0 radical (unpaired) electrons. The summed E-state index contributed by atoms with van der Waals surface area (Å²) in [4.78, 5) is 25.5. The molecule has 294 valence electrons. The smallest absolute Gasteiger partial charge is 0.306 e. The number of rotatable bonds is 11. The maximum atomic E-state index is 11.4. The van der Waals surface area contributed by atoms with Crippen LogP contribution in [0.3, 0.4) is 0 Å². The summed E-state index contributed by atoms with van der Waals surface area (Å²) in [5.41, 5.74) is 8.05. The second kappa shape index (κ2) is 16.1. The Hall–Kier alpha value is -5.65. The summed E-state index contributed by atoms with van der Waals surface area (Å²) in [5, 5.41) is 35.8. The van der Waals surface area contributed by atoms with Gasteiger partial charge in [-0.1, -0.05) is 24.3 Å². The Balaban J connectivity index is 1.06. The van der Waals surface area contributed by atoms with Crippen molar-refractivity contribution in [1.82, 2.24) is 29.5 Å². The van der Waals surface area contributed by atoms with Gasteiger partial charge in [0.05, 0.1) is 43.0 Å². The lowest BCUT2D eigenvalue weighted by molar-refractivity contribution is -0.143. The first-order chi connectivity index (χ1) is 27.6. The molecule has 2 fully saturated rings. The minimum absolute atomic E-state index is 0.00787. The molecule has 13 heteroatoms. The van der Waals surface area contributed by atoms with Gasteiger partial charge in [0.25, 0.3) is 0 Å². The molecule has 6 aromatic rings. The van der Waals surface area contributed by atoms with Gasteiger partial charge >= 0.3 is 5.97 Å². The molecule has 3 aromatic heterocycles. The number of ether oxygens (including phenoxy) is 2. The first-order valence-corrected chi connectivity index (χ1v) is 19.5. The number of fused-ring (bicyclic) bond motifs is 2. The third-order valence-electron chi connectivity index (χ3n) is 11.9. The van der Waals surface area contributed by atoms with Gasteiger partial charge in [-0.05, 0) is 99.6 Å². The molecule has 0 unspecified atom stereocenters. The SMILES string of the molecule is COc1cc(-n2ncc3c(-c4cccc(-c5nc6cc(CN(C)C7CCC(C(=O)O)CC7)cc(C#N)c6o5)c4C)cccc32)ncc1CN(C)[C@@H]1CCOC[C@@H]1O. The zero-order chi connectivity index (χ0) is 39.8. The molecule has 13 nitrogen and oxygen atoms in total. The number of benzene rings is 3. The average Bonchev–Trinajstić information content (AvgIpc) is 3.86. The quantitative estimate of drug-likeness (QED) is 0.143. The molecule has 0 amide bonds. The van der Waals surface area contributed by atoms with Gasteiger partial charge in [0.1, 0.15) is 17.3 Å². The van der Waals surface area contributed by atoms with E-state index in [1.807, 2.05) is 66.6 Å². The molecule has 2 atom stereocenters. The number of hydrogen-bond acceptors (Lipinski definition) is 11. The summed E-state index contributed by atoms with van der Waals surface area (Å²) < 4.78 is 19.4. The molecule has 8 rings (SSSR count). The zero-order valence-electron chi connectivity index (χ0n) is 32.7. The molecule has 1 aliphatic heterocycles. The van der Waals surface area contributed by atoms with E-state index in [0.717, 1.165) is 63.5 Å². The summed E-state index contributed by atoms with van der Waals surface area (Å²) >= 11 is 0. The van der Waals surface area contributed by atoms with Crippen molar-refractivity contribution >= 4 is 28.0 Å². The van der Waals surface area contributed by atoms with Gasteiger partial charge in [-0.2, -0.15) is 10.4 Å². The Morgan fingerprint density at radius 2 is 1.77 bits per heavy atom. The third-order valence-corrected chi connectivity index (χ3v) is 11.9. The first kappa shape index (κ1) is 38.2. The molecule has 4 heterocycles. The van der Waals surface area contributed by atoms with Gasteiger partial charge in [0.2, 0.25) is 5.89 Å². The molecule has 0 bridgehead atoms. The van der Waals surface area contributed by atoms with Gasteiger partial charge in [-0.25, -0.2) is 14.6 Å². The highest BCUT2D eigenvalue weighted by molar-refractivity contribution is 5.97. The number of nitriles is 1. The van der Waals surface area contributed by atoms with Crippen LogP contribution < -0.4 is 4.74 Å². The van der Waals surface area contributed by atoms with Crippen LogP contribution in [0.15, 0.2) is 71.4 Å². The lowest BCUT2D eigenvalue weighted by Crippen LogP contribution is -2.46. The number of methoxy groups -OCH3 is 1. The van der Waals surface area contributed by atoms with Crippen LogP contribution in [0, 0.1) is 24.2 Å². The number of aromatic nitrogens is 4. The molecule has 1 saturated carbocycles. The predicted octanol–water partition coefficient (Wildman–Crippen LogP) is 6.74. The summed E-state index contributed by atoms with van der Waals surface area (Å²) in [7, 11) is 5.70. The van der Waals surface area contributed by atoms with E-state index in [1.54, 1.807) is 7.11 Å². The van der Waals surface area contributed by atoms with Gasteiger partial charge in [0, 0.05) is 60.6 Å². The van der Waals surface area contributed by atoms with Crippen LogP contribution in [0.4, 0.5) is 0 Å². The van der Waals surface area contributed by atoms with E-state index < -0.39 is 12.1 Å². The van der Waals surface area contributed by atoms with Gasteiger partial charge < -0.3 is 24.1 Å². The molecule has 2 N–H and O–H groups in total. The monoisotopic (exact) mass is 769 g/mol. The minimum atomic E-state index is -0.707. The normalized spacial score (nSPS) is 20.0. The van der Waals surface area contributed by atoms with Gasteiger partial charge in [0.15, 0.2) is 11.4 Å². The molecular weight excluding hydrogens is 723 g/mol. The Morgan fingerprint density at radius 3 is 2.53 bits per heavy atom. The number of hydrogen-bond donors (Lipinski definition) is 2. The third kappa shape index (κ3) is 7.49. The molecule has 57 heavy (non-hydrogen) atoms. The van der Waals surface area contributed by atoms with E-state index in [9.17, 15) is 20.3 Å². The van der Waals surface area contributed by atoms with E-state index >= 15 is 0 Å². The maximum absolute atomic E-state index is 11.4. The highest BCUT2D eigenvalue weighted by atomic mass is 16.5. The number of carboxylic acid groups (broad SMARTS) is 1. The zero-order valence-corrected chi connectivity index (χ0v) is 32.7. The number of pyridine rings is 1. The number of aliphatic carboxylic acids is 1. The Labute approximate surface area is 331 Å². The Kier molecular flexibility index (Phi) is 10.8. The summed E-state index contributed by atoms with van der Waals surface area (Å²) in [6, 6.07) is 20.5. The largest absolute Gasteiger partial charge is 0.496 e. The number of carbonyl (C=O) groups is 1. The van der Waals surface area contributed by atoms with Crippen molar-refractivity contribution in [3.05, 3.63) is 89.2 Å². The fourth-order valence-corrected chi connectivity index (χ4v) is 8.68. The minimum Gasteiger partial charge on any atom is -0.496 e. The number of likely N-dealkylation sites (N-methyl/N-ethyl adjacent to an activating group) is 1. The number of oxazole rings is 1. The van der Waals surface area contributed by atoms with Crippen molar-refractivity contribution < 1.29 is 28.9 Å². The van der Waals surface area contributed by atoms with Gasteiger partial charge in [-0.15, -0.1) is 0 Å². The van der Waals surface area contributed by atoms with E-state index in [-0.39, 0.29) is 18.0 Å². The standard InChI is InChI=1S/C44H47N7O6/c1-26-32(7-5-8-33(26)43-48-36-18-27(17-29(20-45)42(36)57-43)23-49(2)31-13-11-28(12-14-31)44(53)54)34-9-6-10-37-35(34)22-47-51(37)41-19-40(55-4)30(21-46-41)24-50(3)38-15-16-56-25-39(38)52/h5-10,17-19,21-22,28,31,38-39,52H,11-16,23-25H2,1-4H3,(H,53,54)/t28?,31?,38-,39+/m1/s1. The highest BCUT2D eigenvalue weighted by Gasteiger charge is 2.29. The predicted molar refractivity (Wildman–Crippen MR) is 215 cm³/mol. The number of aliphatic hydroxyl groups is 1. The first-order valence-electron chi connectivity index (χ1n) is 19.5. The fourth-order valence-electron chi connectivity index (χ4n) is 8.68. The number of nitrogens with zero attached hydrogens (tertiary/aromatic N) is 7. The molecule has 1 aliphatic carbocycles. The highest BCUT2D eigenvalue weighted by Crippen LogP contribution is 2.38. The van der Waals surface area contributed by atoms with Crippen LogP contribution in [0.1, 0.15) is 54.4 Å². The van der Waals surface area contributed by atoms with Gasteiger partial charge in [-0.3, -0.25) is 14.6 Å². The fraction of sp³-hybridized carbons (Fsp3) is 0.386. The van der Waals surface area contributed by atoms with Crippen molar-refractivity contribution in [2.45, 2.75) is 70.3 Å². The lowest BCUT2D eigenvalue weighted by Gasteiger charge is -2.35. The second-order valence-electron chi connectivity index (χ2n) is 15.4. The van der Waals surface area contributed by atoms with Crippen LogP contribution >= 0.6 is 0 Å². The van der Waals surface area contributed by atoms with E-state index in [1.165, 1.54) is 0 Å². The van der Waals surface area contributed by atoms with Crippen LogP contribution in [0.5, 0.6) is 5.75 Å². The molecule has 3 aromatic carbocycles. The van der Waals surface area contributed by atoms with Crippen molar-refractivity contribution in [1.29, 1.82) is 5.26 Å². The Bertz CT molecular complexity index is 2480. The summed E-state index contributed by atoms with van der Waals surface area (Å²) in [6.45, 7) is 4.19. The summed E-state index contributed by atoms with van der Waals surface area (Å²) in [6.07, 6.45) is 6.91. The Morgan fingerprint density at radius 1 is 1.00 bits per heavy atom. The number of aliphatic hydroxyl groups excluding tert-OH is 1. The molecule has 2 aliphatic rings. The van der Waals surface area contributed by atoms with Crippen molar-refractivity contribution in [2.24, 2.45) is 5.92 Å².